The molecule has 1 heterocycles. The topological polar surface area (TPSA) is 47.7 Å². The van der Waals surface area contributed by atoms with Gasteiger partial charge >= 0.3 is 0 Å². The Morgan fingerprint density at radius 2 is 2.12 bits per heavy atom. The van der Waals surface area contributed by atoms with Crippen LogP contribution in [0.3, 0.4) is 0 Å². The standard InChI is InChI=1S/C11H24N2O2S/c1-9-8-16-5-4-13(9)10(7-12)6-11(14-2)15-3/h9-11H,4-8,12H2,1-3H3. The molecular weight excluding hydrogens is 224 g/mol. The molecule has 0 aromatic rings. The summed E-state index contributed by atoms with van der Waals surface area (Å²) < 4.78 is 10.5. The van der Waals surface area contributed by atoms with Crippen LogP contribution in [0.1, 0.15) is 13.3 Å². The third kappa shape index (κ3) is 3.89. The van der Waals surface area contributed by atoms with Crippen molar-refractivity contribution >= 4 is 11.8 Å². The molecule has 4 nitrogen and oxygen atoms in total. The van der Waals surface area contributed by atoms with E-state index in [9.17, 15) is 0 Å². The van der Waals surface area contributed by atoms with Crippen molar-refractivity contribution in [3.05, 3.63) is 0 Å². The molecule has 2 N–H and O–H groups in total. The molecule has 0 radical (unpaired) electrons. The number of thioether (sulfide) groups is 1. The van der Waals surface area contributed by atoms with E-state index in [0.717, 1.165) is 13.0 Å². The van der Waals surface area contributed by atoms with Crippen LogP contribution in [0.4, 0.5) is 0 Å². The molecule has 0 aliphatic carbocycles. The summed E-state index contributed by atoms with van der Waals surface area (Å²) in [5, 5.41) is 0. The van der Waals surface area contributed by atoms with Crippen LogP contribution < -0.4 is 5.73 Å². The maximum atomic E-state index is 5.86. The molecule has 0 bridgehead atoms. The molecule has 0 saturated carbocycles. The Labute approximate surface area is 103 Å². The summed E-state index contributed by atoms with van der Waals surface area (Å²) in [4.78, 5) is 2.49. The Bertz CT molecular complexity index is 191. The normalized spacial score (nSPS) is 24.9. The van der Waals surface area contributed by atoms with E-state index in [2.05, 4.69) is 11.8 Å². The summed E-state index contributed by atoms with van der Waals surface area (Å²) in [7, 11) is 3.36. The second-order valence-corrected chi connectivity index (χ2v) is 5.34. The van der Waals surface area contributed by atoms with Crippen molar-refractivity contribution in [2.75, 3.05) is 38.8 Å². The average molecular weight is 248 g/mol. The molecule has 1 aliphatic heterocycles. The Morgan fingerprint density at radius 3 is 2.62 bits per heavy atom. The fourth-order valence-corrected chi connectivity index (χ4v) is 3.20. The zero-order chi connectivity index (χ0) is 12.0. The molecule has 1 aliphatic rings. The van der Waals surface area contributed by atoms with Crippen molar-refractivity contribution in [2.24, 2.45) is 5.73 Å². The number of hydrogen-bond acceptors (Lipinski definition) is 5. The van der Waals surface area contributed by atoms with Gasteiger partial charge in [0.2, 0.25) is 0 Å². The Hall–Kier alpha value is 0.190. The van der Waals surface area contributed by atoms with Gasteiger partial charge in [0.05, 0.1) is 0 Å². The van der Waals surface area contributed by atoms with Crippen molar-refractivity contribution < 1.29 is 9.47 Å². The fourth-order valence-electron chi connectivity index (χ4n) is 2.16. The van der Waals surface area contributed by atoms with Crippen LogP contribution in [0.15, 0.2) is 0 Å². The molecule has 16 heavy (non-hydrogen) atoms. The molecule has 0 aromatic carbocycles. The van der Waals surface area contributed by atoms with Crippen LogP contribution in [0.25, 0.3) is 0 Å². The lowest BCUT2D eigenvalue weighted by Crippen LogP contribution is -2.51. The van der Waals surface area contributed by atoms with E-state index in [1.54, 1.807) is 14.2 Å². The summed E-state index contributed by atoms with van der Waals surface area (Å²) in [6.07, 6.45) is 0.703. The first-order valence-corrected chi connectivity index (χ1v) is 6.97. The van der Waals surface area contributed by atoms with Gasteiger partial charge in [0.15, 0.2) is 6.29 Å². The fraction of sp³-hybridized carbons (Fsp3) is 1.00. The maximum absolute atomic E-state index is 5.86. The lowest BCUT2D eigenvalue weighted by molar-refractivity contribution is -0.117. The zero-order valence-electron chi connectivity index (χ0n) is 10.5. The van der Waals surface area contributed by atoms with E-state index in [4.69, 9.17) is 15.2 Å². The molecule has 1 fully saturated rings. The molecule has 5 heteroatoms. The maximum Gasteiger partial charge on any atom is 0.158 e. The summed E-state index contributed by atoms with van der Waals surface area (Å²) in [6.45, 7) is 4.05. The summed E-state index contributed by atoms with van der Waals surface area (Å²) in [5.41, 5.74) is 5.86. The van der Waals surface area contributed by atoms with Crippen LogP contribution in [0, 0.1) is 0 Å². The van der Waals surface area contributed by atoms with Crippen LogP contribution in [0.2, 0.25) is 0 Å². The van der Waals surface area contributed by atoms with Gasteiger partial charge < -0.3 is 15.2 Å². The lowest BCUT2D eigenvalue weighted by atomic mass is 10.1. The molecule has 2 unspecified atom stereocenters. The third-order valence-corrected chi connectivity index (χ3v) is 4.34. The molecule has 2 atom stereocenters. The van der Waals surface area contributed by atoms with Gasteiger partial charge in [0.25, 0.3) is 0 Å². The first-order valence-electron chi connectivity index (χ1n) is 5.82. The number of nitrogens with zero attached hydrogens (tertiary/aromatic N) is 1. The van der Waals surface area contributed by atoms with Gasteiger partial charge in [-0.1, -0.05) is 0 Å². The highest BCUT2D eigenvalue weighted by Crippen LogP contribution is 2.20. The summed E-state index contributed by atoms with van der Waals surface area (Å²) in [6, 6.07) is 0.961. The van der Waals surface area contributed by atoms with Crippen LogP contribution in [-0.2, 0) is 9.47 Å². The van der Waals surface area contributed by atoms with Gasteiger partial charge in [-0.05, 0) is 6.92 Å². The van der Waals surface area contributed by atoms with Crippen molar-refractivity contribution in [3.8, 4) is 0 Å². The SMILES string of the molecule is COC(CC(CN)N1CCSCC1C)OC. The molecular formula is C11H24N2O2S. The van der Waals surface area contributed by atoms with Gasteiger partial charge in [0.1, 0.15) is 0 Å². The molecule has 0 spiro atoms. The van der Waals surface area contributed by atoms with E-state index in [1.165, 1.54) is 11.5 Å². The second-order valence-electron chi connectivity index (χ2n) is 4.19. The van der Waals surface area contributed by atoms with Gasteiger partial charge in [-0.3, -0.25) is 4.90 Å². The summed E-state index contributed by atoms with van der Waals surface area (Å²) >= 11 is 2.02. The Kier molecular flexibility index (Phi) is 6.68. The van der Waals surface area contributed by atoms with Crippen LogP contribution in [-0.4, -0.2) is 62.1 Å². The second kappa shape index (κ2) is 7.50. The molecule has 1 rings (SSSR count). The minimum atomic E-state index is -0.143. The smallest absolute Gasteiger partial charge is 0.158 e. The zero-order valence-corrected chi connectivity index (χ0v) is 11.3. The predicted molar refractivity (Wildman–Crippen MR) is 68.8 cm³/mol. The molecule has 96 valence electrons. The summed E-state index contributed by atoms with van der Waals surface area (Å²) in [5.74, 6) is 2.40. The molecule has 1 saturated heterocycles. The Morgan fingerprint density at radius 1 is 1.44 bits per heavy atom. The van der Waals surface area contributed by atoms with Gasteiger partial charge in [0, 0.05) is 57.3 Å². The lowest BCUT2D eigenvalue weighted by Gasteiger charge is -2.39. The number of rotatable bonds is 6. The largest absolute Gasteiger partial charge is 0.356 e. The van der Waals surface area contributed by atoms with Gasteiger partial charge in [-0.15, -0.1) is 0 Å². The predicted octanol–water partition coefficient (Wildman–Crippen LogP) is 0.760. The number of nitrogens with two attached hydrogens (primary N) is 1. The molecule has 0 aromatic heterocycles. The van der Waals surface area contributed by atoms with Crippen molar-refractivity contribution in [1.82, 2.24) is 4.90 Å². The van der Waals surface area contributed by atoms with E-state index in [0.29, 0.717) is 18.6 Å². The highest BCUT2D eigenvalue weighted by atomic mass is 32.2. The van der Waals surface area contributed by atoms with Crippen molar-refractivity contribution in [3.63, 3.8) is 0 Å². The van der Waals surface area contributed by atoms with Gasteiger partial charge in [-0.2, -0.15) is 11.8 Å². The first-order chi connectivity index (χ1) is 7.72. The van der Waals surface area contributed by atoms with Crippen LogP contribution >= 0.6 is 11.8 Å². The number of methoxy groups -OCH3 is 2. The third-order valence-electron chi connectivity index (χ3n) is 3.15. The number of ether oxygens (including phenoxy) is 2. The average Bonchev–Trinajstić information content (AvgIpc) is 2.32. The first kappa shape index (κ1) is 14.3. The van der Waals surface area contributed by atoms with Crippen LogP contribution in [0.5, 0.6) is 0 Å². The van der Waals surface area contributed by atoms with Crippen molar-refractivity contribution in [2.45, 2.75) is 31.7 Å². The van der Waals surface area contributed by atoms with E-state index >= 15 is 0 Å². The highest BCUT2D eigenvalue weighted by molar-refractivity contribution is 7.99. The highest BCUT2D eigenvalue weighted by Gasteiger charge is 2.27. The van der Waals surface area contributed by atoms with E-state index < -0.39 is 0 Å². The van der Waals surface area contributed by atoms with Gasteiger partial charge in [-0.25, -0.2) is 0 Å². The monoisotopic (exact) mass is 248 g/mol. The number of hydrogen-bond donors (Lipinski definition) is 1. The minimum Gasteiger partial charge on any atom is -0.356 e. The minimum absolute atomic E-state index is 0.143. The van der Waals surface area contributed by atoms with Crippen molar-refractivity contribution in [1.29, 1.82) is 0 Å². The molecule has 0 amide bonds. The quantitative estimate of drug-likeness (QED) is 0.703. The Balaban J connectivity index is 2.51. The van der Waals surface area contributed by atoms with E-state index in [-0.39, 0.29) is 6.29 Å². The van der Waals surface area contributed by atoms with E-state index in [1.807, 2.05) is 11.8 Å².